The molecular formula is C14H30N2O. The first kappa shape index (κ1) is 16.4. The van der Waals surface area contributed by atoms with Gasteiger partial charge in [-0.15, -0.1) is 0 Å². The van der Waals surface area contributed by atoms with Gasteiger partial charge in [0.25, 0.3) is 0 Å². The SMILES string of the molecule is CC(N)CCCC(C)C(=O)N(C)CC(C)(C)C. The lowest BCUT2D eigenvalue weighted by molar-refractivity contribution is -0.135. The van der Waals surface area contributed by atoms with Gasteiger partial charge in [0.1, 0.15) is 0 Å². The van der Waals surface area contributed by atoms with Gasteiger partial charge in [0, 0.05) is 25.6 Å². The Morgan fingerprint density at radius 1 is 1.24 bits per heavy atom. The molecule has 0 rings (SSSR count). The van der Waals surface area contributed by atoms with Gasteiger partial charge in [-0.3, -0.25) is 4.79 Å². The van der Waals surface area contributed by atoms with Gasteiger partial charge in [0.2, 0.25) is 5.91 Å². The van der Waals surface area contributed by atoms with Crippen molar-refractivity contribution < 1.29 is 4.79 Å². The molecule has 0 saturated carbocycles. The second-order valence-electron chi connectivity index (χ2n) is 6.56. The average molecular weight is 242 g/mol. The first-order chi connectivity index (χ1) is 7.63. The summed E-state index contributed by atoms with van der Waals surface area (Å²) >= 11 is 0. The molecule has 0 aliphatic heterocycles. The summed E-state index contributed by atoms with van der Waals surface area (Å²) in [6.07, 6.45) is 2.98. The highest BCUT2D eigenvalue weighted by Crippen LogP contribution is 2.17. The third kappa shape index (κ3) is 8.19. The van der Waals surface area contributed by atoms with Crippen LogP contribution in [-0.4, -0.2) is 30.4 Å². The number of nitrogens with zero attached hydrogens (tertiary/aromatic N) is 1. The lowest BCUT2D eigenvalue weighted by atomic mass is 9.95. The molecule has 0 radical (unpaired) electrons. The Balaban J connectivity index is 4.03. The van der Waals surface area contributed by atoms with Crippen LogP contribution in [0.4, 0.5) is 0 Å². The summed E-state index contributed by atoms with van der Waals surface area (Å²) in [6.45, 7) is 11.3. The van der Waals surface area contributed by atoms with E-state index in [1.807, 2.05) is 25.8 Å². The molecule has 0 spiro atoms. The van der Waals surface area contributed by atoms with Gasteiger partial charge in [-0.25, -0.2) is 0 Å². The molecule has 3 nitrogen and oxygen atoms in total. The van der Waals surface area contributed by atoms with Crippen molar-refractivity contribution in [3.05, 3.63) is 0 Å². The Hall–Kier alpha value is -0.570. The van der Waals surface area contributed by atoms with Gasteiger partial charge in [0.05, 0.1) is 0 Å². The van der Waals surface area contributed by atoms with Crippen molar-refractivity contribution in [1.29, 1.82) is 0 Å². The molecule has 0 aromatic rings. The smallest absolute Gasteiger partial charge is 0.225 e. The number of carbonyl (C=O) groups is 1. The predicted molar refractivity (Wildman–Crippen MR) is 73.8 cm³/mol. The summed E-state index contributed by atoms with van der Waals surface area (Å²) in [6, 6.07) is 0.240. The molecule has 2 unspecified atom stereocenters. The Labute approximate surface area is 107 Å². The minimum Gasteiger partial charge on any atom is -0.345 e. The average Bonchev–Trinajstić information content (AvgIpc) is 2.13. The van der Waals surface area contributed by atoms with Crippen LogP contribution in [0.1, 0.15) is 53.9 Å². The molecule has 2 N–H and O–H groups in total. The number of hydrogen-bond donors (Lipinski definition) is 1. The van der Waals surface area contributed by atoms with Gasteiger partial charge < -0.3 is 10.6 Å². The molecular weight excluding hydrogens is 212 g/mol. The van der Waals surface area contributed by atoms with Crippen LogP contribution in [0.5, 0.6) is 0 Å². The maximum absolute atomic E-state index is 12.1. The van der Waals surface area contributed by atoms with Crippen LogP contribution in [0.15, 0.2) is 0 Å². The summed E-state index contributed by atoms with van der Waals surface area (Å²) in [5.74, 6) is 0.366. The molecule has 1 amide bonds. The van der Waals surface area contributed by atoms with Crippen molar-refractivity contribution in [1.82, 2.24) is 4.90 Å². The first-order valence-electron chi connectivity index (χ1n) is 6.64. The molecule has 0 aliphatic rings. The van der Waals surface area contributed by atoms with Gasteiger partial charge in [-0.1, -0.05) is 34.1 Å². The van der Waals surface area contributed by atoms with E-state index < -0.39 is 0 Å². The lowest BCUT2D eigenvalue weighted by Gasteiger charge is -2.28. The zero-order valence-corrected chi connectivity index (χ0v) is 12.4. The zero-order valence-electron chi connectivity index (χ0n) is 12.4. The van der Waals surface area contributed by atoms with Crippen LogP contribution in [0.25, 0.3) is 0 Å². The second-order valence-corrected chi connectivity index (χ2v) is 6.56. The van der Waals surface area contributed by atoms with Crippen molar-refractivity contribution in [2.24, 2.45) is 17.1 Å². The molecule has 0 aromatic heterocycles. The van der Waals surface area contributed by atoms with Gasteiger partial charge >= 0.3 is 0 Å². The van der Waals surface area contributed by atoms with Crippen molar-refractivity contribution in [2.75, 3.05) is 13.6 Å². The molecule has 0 fully saturated rings. The van der Waals surface area contributed by atoms with Crippen LogP contribution in [0.3, 0.4) is 0 Å². The number of carbonyl (C=O) groups excluding carboxylic acids is 1. The molecule has 0 saturated heterocycles. The van der Waals surface area contributed by atoms with Crippen molar-refractivity contribution in [2.45, 2.75) is 59.9 Å². The molecule has 0 bridgehead atoms. The van der Waals surface area contributed by atoms with Crippen LogP contribution in [-0.2, 0) is 4.79 Å². The third-order valence-corrected chi connectivity index (χ3v) is 2.81. The Morgan fingerprint density at radius 2 is 1.76 bits per heavy atom. The molecule has 3 heteroatoms. The maximum Gasteiger partial charge on any atom is 0.225 e. The standard InChI is InChI=1S/C14H30N2O/c1-11(8-7-9-12(2)15)13(17)16(6)10-14(3,4)5/h11-12H,7-10,15H2,1-6H3. The highest BCUT2D eigenvalue weighted by molar-refractivity contribution is 5.78. The Morgan fingerprint density at radius 3 is 2.18 bits per heavy atom. The summed E-state index contributed by atoms with van der Waals surface area (Å²) in [4.78, 5) is 13.9. The summed E-state index contributed by atoms with van der Waals surface area (Å²) in [5, 5.41) is 0. The summed E-state index contributed by atoms with van der Waals surface area (Å²) in [7, 11) is 1.90. The number of hydrogen-bond acceptors (Lipinski definition) is 2. The summed E-state index contributed by atoms with van der Waals surface area (Å²) in [5.41, 5.74) is 5.87. The maximum atomic E-state index is 12.1. The van der Waals surface area contributed by atoms with Crippen LogP contribution >= 0.6 is 0 Å². The van der Waals surface area contributed by atoms with Crippen molar-refractivity contribution in [3.8, 4) is 0 Å². The fourth-order valence-corrected chi connectivity index (χ4v) is 2.04. The minimum atomic E-state index is 0.112. The molecule has 2 atom stereocenters. The Kier molecular flexibility index (Phi) is 6.76. The monoisotopic (exact) mass is 242 g/mol. The normalized spacial score (nSPS) is 15.5. The number of amides is 1. The number of nitrogens with two attached hydrogens (primary N) is 1. The highest BCUT2D eigenvalue weighted by Gasteiger charge is 2.21. The number of rotatable bonds is 6. The Bertz CT molecular complexity index is 231. The molecule has 0 heterocycles. The minimum absolute atomic E-state index is 0.112. The van der Waals surface area contributed by atoms with E-state index in [-0.39, 0.29) is 23.3 Å². The van der Waals surface area contributed by atoms with E-state index in [9.17, 15) is 4.79 Å². The van der Waals surface area contributed by atoms with Crippen molar-refractivity contribution in [3.63, 3.8) is 0 Å². The van der Waals surface area contributed by atoms with E-state index in [2.05, 4.69) is 20.8 Å². The first-order valence-corrected chi connectivity index (χ1v) is 6.64. The van der Waals surface area contributed by atoms with Crippen LogP contribution in [0, 0.1) is 11.3 Å². The van der Waals surface area contributed by atoms with Gasteiger partial charge in [-0.2, -0.15) is 0 Å². The molecule has 0 aromatic carbocycles. The van der Waals surface area contributed by atoms with Crippen LogP contribution < -0.4 is 5.73 Å². The van der Waals surface area contributed by atoms with Crippen LogP contribution in [0.2, 0.25) is 0 Å². The molecule has 102 valence electrons. The summed E-state index contributed by atoms with van der Waals surface area (Å²) < 4.78 is 0. The molecule has 17 heavy (non-hydrogen) atoms. The molecule has 0 aliphatic carbocycles. The van der Waals surface area contributed by atoms with E-state index in [4.69, 9.17) is 5.73 Å². The second kappa shape index (κ2) is 7.00. The van der Waals surface area contributed by atoms with E-state index in [0.717, 1.165) is 25.8 Å². The van der Waals surface area contributed by atoms with E-state index >= 15 is 0 Å². The van der Waals surface area contributed by atoms with E-state index in [1.165, 1.54) is 0 Å². The largest absolute Gasteiger partial charge is 0.345 e. The topological polar surface area (TPSA) is 46.3 Å². The van der Waals surface area contributed by atoms with E-state index in [1.54, 1.807) is 0 Å². The fraction of sp³-hybridized carbons (Fsp3) is 0.929. The zero-order chi connectivity index (χ0) is 13.6. The fourth-order valence-electron chi connectivity index (χ4n) is 2.04. The quantitative estimate of drug-likeness (QED) is 0.778. The van der Waals surface area contributed by atoms with Gasteiger partial charge in [0.15, 0.2) is 0 Å². The van der Waals surface area contributed by atoms with Gasteiger partial charge in [-0.05, 0) is 25.2 Å². The van der Waals surface area contributed by atoms with Crippen molar-refractivity contribution >= 4 is 5.91 Å². The third-order valence-electron chi connectivity index (χ3n) is 2.81. The highest BCUT2D eigenvalue weighted by atomic mass is 16.2. The predicted octanol–water partition coefficient (Wildman–Crippen LogP) is 2.64. The van der Waals surface area contributed by atoms with E-state index in [0.29, 0.717) is 0 Å². The lowest BCUT2D eigenvalue weighted by Crippen LogP contribution is -2.37.